The van der Waals surface area contributed by atoms with E-state index in [4.69, 9.17) is 4.74 Å². The first-order valence-corrected chi connectivity index (χ1v) is 12.2. The van der Waals surface area contributed by atoms with E-state index in [0.29, 0.717) is 37.9 Å². The van der Waals surface area contributed by atoms with Crippen LogP contribution in [0.1, 0.15) is 53.9 Å². The summed E-state index contributed by atoms with van der Waals surface area (Å²) in [5, 5.41) is 6.48. The van der Waals surface area contributed by atoms with Crippen molar-refractivity contribution < 1.29 is 17.9 Å². The molecule has 1 heterocycles. The zero-order valence-electron chi connectivity index (χ0n) is 18.2. The molecule has 164 valence electrons. The SMILES string of the molecule is CCNC(=NCC1CCN(C(=O)OC(C)(C)C)CC1)NC(C)CCS(C)(=O)=O. The Balaban J connectivity index is 2.48. The van der Waals surface area contributed by atoms with Crippen molar-refractivity contribution in [1.82, 2.24) is 15.5 Å². The summed E-state index contributed by atoms with van der Waals surface area (Å²) in [5.74, 6) is 1.28. The minimum absolute atomic E-state index is 0.0153. The summed E-state index contributed by atoms with van der Waals surface area (Å²) in [6.07, 6.45) is 3.33. The molecule has 1 atom stereocenters. The van der Waals surface area contributed by atoms with Crippen LogP contribution in [0.15, 0.2) is 4.99 Å². The monoisotopic (exact) mass is 418 g/mol. The fourth-order valence-corrected chi connectivity index (χ4v) is 3.64. The lowest BCUT2D eigenvalue weighted by molar-refractivity contribution is 0.0187. The molecule has 2 N–H and O–H groups in total. The van der Waals surface area contributed by atoms with Gasteiger partial charge in [-0.2, -0.15) is 0 Å². The average molecular weight is 419 g/mol. The molecule has 1 saturated heterocycles. The molecule has 0 aromatic rings. The molecule has 9 heteroatoms. The van der Waals surface area contributed by atoms with Crippen molar-refractivity contribution in [1.29, 1.82) is 0 Å². The molecule has 0 aromatic heterocycles. The number of carbonyl (C=O) groups excluding carboxylic acids is 1. The molecule has 0 bridgehead atoms. The van der Waals surface area contributed by atoms with Gasteiger partial charge in [0.1, 0.15) is 15.4 Å². The number of hydrogen-bond acceptors (Lipinski definition) is 5. The van der Waals surface area contributed by atoms with E-state index in [1.165, 1.54) is 6.26 Å². The van der Waals surface area contributed by atoms with Gasteiger partial charge < -0.3 is 20.3 Å². The Hall–Kier alpha value is -1.51. The molecule has 1 aliphatic rings. The maximum absolute atomic E-state index is 12.1. The van der Waals surface area contributed by atoms with Crippen LogP contribution in [0.5, 0.6) is 0 Å². The number of likely N-dealkylation sites (tertiary alicyclic amines) is 1. The number of carbonyl (C=O) groups is 1. The Morgan fingerprint density at radius 2 is 1.89 bits per heavy atom. The lowest BCUT2D eigenvalue weighted by Gasteiger charge is -2.33. The normalized spacial score (nSPS) is 17.9. The summed E-state index contributed by atoms with van der Waals surface area (Å²) in [4.78, 5) is 18.6. The molecular formula is C19H38N4O4S. The van der Waals surface area contributed by atoms with Crippen molar-refractivity contribution in [2.45, 2.75) is 65.5 Å². The van der Waals surface area contributed by atoms with E-state index in [1.54, 1.807) is 4.90 Å². The molecule has 1 amide bonds. The minimum atomic E-state index is -2.96. The second-order valence-corrected chi connectivity index (χ2v) is 10.9. The summed E-state index contributed by atoms with van der Waals surface area (Å²) < 4.78 is 28.1. The molecule has 0 spiro atoms. The third-order valence-electron chi connectivity index (χ3n) is 4.42. The van der Waals surface area contributed by atoms with Crippen LogP contribution in [0.4, 0.5) is 4.79 Å². The van der Waals surface area contributed by atoms with E-state index in [0.717, 1.165) is 19.4 Å². The Labute approximate surface area is 170 Å². The third kappa shape index (κ3) is 10.7. The van der Waals surface area contributed by atoms with Crippen molar-refractivity contribution >= 4 is 21.9 Å². The third-order valence-corrected chi connectivity index (χ3v) is 5.40. The highest BCUT2D eigenvalue weighted by atomic mass is 32.2. The van der Waals surface area contributed by atoms with Gasteiger partial charge in [-0.1, -0.05) is 0 Å². The highest BCUT2D eigenvalue weighted by Crippen LogP contribution is 2.20. The molecule has 1 rings (SSSR count). The van der Waals surface area contributed by atoms with Crippen molar-refractivity contribution in [3.63, 3.8) is 0 Å². The molecule has 28 heavy (non-hydrogen) atoms. The van der Waals surface area contributed by atoms with Gasteiger partial charge in [-0.05, 0) is 59.8 Å². The summed E-state index contributed by atoms with van der Waals surface area (Å²) >= 11 is 0. The van der Waals surface area contributed by atoms with Gasteiger partial charge in [0.05, 0.1) is 5.75 Å². The van der Waals surface area contributed by atoms with Gasteiger partial charge in [-0.25, -0.2) is 13.2 Å². The first-order chi connectivity index (χ1) is 12.9. The fraction of sp³-hybridized carbons (Fsp3) is 0.895. The molecule has 1 unspecified atom stereocenters. The van der Waals surface area contributed by atoms with Gasteiger partial charge in [0.2, 0.25) is 0 Å². The maximum atomic E-state index is 12.1. The van der Waals surface area contributed by atoms with Crippen LogP contribution in [0.25, 0.3) is 0 Å². The summed E-state index contributed by atoms with van der Waals surface area (Å²) in [6, 6.07) is 0.0153. The van der Waals surface area contributed by atoms with E-state index >= 15 is 0 Å². The van der Waals surface area contributed by atoms with Crippen molar-refractivity contribution in [2.75, 3.05) is 38.2 Å². The Morgan fingerprint density at radius 1 is 1.29 bits per heavy atom. The largest absolute Gasteiger partial charge is 0.444 e. The predicted molar refractivity (Wildman–Crippen MR) is 113 cm³/mol. The van der Waals surface area contributed by atoms with E-state index in [2.05, 4.69) is 15.6 Å². The maximum Gasteiger partial charge on any atom is 0.410 e. The lowest BCUT2D eigenvalue weighted by Crippen LogP contribution is -2.44. The predicted octanol–water partition coefficient (Wildman–Crippen LogP) is 2.01. The van der Waals surface area contributed by atoms with Gasteiger partial charge in [0, 0.05) is 38.5 Å². The number of aliphatic imine (C=N–C) groups is 1. The molecular weight excluding hydrogens is 380 g/mol. The molecule has 8 nitrogen and oxygen atoms in total. The molecule has 0 saturated carbocycles. The van der Waals surface area contributed by atoms with Crippen LogP contribution < -0.4 is 10.6 Å². The molecule has 0 aromatic carbocycles. The van der Waals surface area contributed by atoms with Crippen LogP contribution >= 0.6 is 0 Å². The number of ether oxygens (including phenoxy) is 1. The number of nitrogens with one attached hydrogen (secondary N) is 2. The van der Waals surface area contributed by atoms with Crippen molar-refractivity contribution in [3.8, 4) is 0 Å². The van der Waals surface area contributed by atoms with Gasteiger partial charge in [-0.15, -0.1) is 0 Å². The zero-order chi connectivity index (χ0) is 21.4. The minimum Gasteiger partial charge on any atom is -0.444 e. The molecule has 1 fully saturated rings. The summed E-state index contributed by atoms with van der Waals surface area (Å²) in [5.41, 5.74) is -0.474. The van der Waals surface area contributed by atoms with Gasteiger partial charge in [0.15, 0.2) is 5.96 Å². The summed E-state index contributed by atoms with van der Waals surface area (Å²) in [7, 11) is -2.96. The molecule has 0 aliphatic carbocycles. The highest BCUT2D eigenvalue weighted by Gasteiger charge is 2.26. The van der Waals surface area contributed by atoms with E-state index < -0.39 is 15.4 Å². The number of hydrogen-bond donors (Lipinski definition) is 2. The number of piperidine rings is 1. The second-order valence-electron chi connectivity index (χ2n) is 8.59. The van der Waals surface area contributed by atoms with Gasteiger partial charge in [-0.3, -0.25) is 4.99 Å². The van der Waals surface area contributed by atoms with Crippen molar-refractivity contribution in [2.24, 2.45) is 10.9 Å². The quantitative estimate of drug-likeness (QED) is 0.485. The number of guanidine groups is 1. The summed E-state index contributed by atoms with van der Waals surface area (Å²) in [6.45, 7) is 12.4. The van der Waals surface area contributed by atoms with Gasteiger partial charge in [0.25, 0.3) is 0 Å². The molecule has 1 aliphatic heterocycles. The first kappa shape index (κ1) is 24.5. The van der Waals surface area contributed by atoms with Crippen LogP contribution in [-0.4, -0.2) is 75.2 Å². The number of sulfone groups is 1. The second kappa shape index (κ2) is 10.9. The van der Waals surface area contributed by atoms with Crippen LogP contribution in [0, 0.1) is 5.92 Å². The topological polar surface area (TPSA) is 100 Å². The number of nitrogens with zero attached hydrogens (tertiary/aromatic N) is 2. The highest BCUT2D eigenvalue weighted by molar-refractivity contribution is 7.90. The van der Waals surface area contributed by atoms with Crippen LogP contribution in [-0.2, 0) is 14.6 Å². The van der Waals surface area contributed by atoms with E-state index in [9.17, 15) is 13.2 Å². The number of amides is 1. The Kier molecular flexibility index (Phi) is 9.53. The van der Waals surface area contributed by atoms with Crippen molar-refractivity contribution in [3.05, 3.63) is 0 Å². The lowest BCUT2D eigenvalue weighted by atomic mass is 9.97. The Morgan fingerprint density at radius 3 is 2.39 bits per heavy atom. The van der Waals surface area contributed by atoms with E-state index in [1.807, 2.05) is 34.6 Å². The Bertz CT molecular complexity index is 620. The van der Waals surface area contributed by atoms with E-state index in [-0.39, 0.29) is 17.9 Å². The number of rotatable bonds is 7. The average Bonchev–Trinajstić information content (AvgIpc) is 2.56. The molecule has 0 radical (unpaired) electrons. The van der Waals surface area contributed by atoms with Gasteiger partial charge >= 0.3 is 6.09 Å². The smallest absolute Gasteiger partial charge is 0.410 e. The first-order valence-electron chi connectivity index (χ1n) is 10.1. The van der Waals surface area contributed by atoms with Crippen LogP contribution in [0.2, 0.25) is 0 Å². The standard InChI is InChI=1S/C19H38N4O4S/c1-7-20-17(22-15(2)10-13-28(6,25)26)21-14-16-8-11-23(12-9-16)18(24)27-19(3,4)5/h15-16H,7-14H2,1-6H3,(H2,20,21,22). The fourth-order valence-electron chi connectivity index (χ4n) is 2.86. The zero-order valence-corrected chi connectivity index (χ0v) is 19.1. The van der Waals surface area contributed by atoms with Crippen LogP contribution in [0.3, 0.4) is 0 Å².